The number of para-hydroxylation sites is 1. The summed E-state index contributed by atoms with van der Waals surface area (Å²) in [5.74, 6) is 0.190. The predicted molar refractivity (Wildman–Crippen MR) is 76.0 cm³/mol. The number of thiophene rings is 1. The van der Waals surface area contributed by atoms with Crippen LogP contribution in [-0.4, -0.2) is 13.7 Å². The van der Waals surface area contributed by atoms with Crippen LogP contribution in [-0.2, 0) is 0 Å². The number of benzene rings is 1. The summed E-state index contributed by atoms with van der Waals surface area (Å²) in [6.07, 6.45) is 0. The monoisotopic (exact) mass is 347 g/mol. The van der Waals surface area contributed by atoms with Crippen LogP contribution < -0.4 is 10.1 Å². The van der Waals surface area contributed by atoms with Crippen LogP contribution in [0.3, 0.4) is 0 Å². The lowest BCUT2D eigenvalue weighted by atomic mass is 10.0. The van der Waals surface area contributed by atoms with Crippen molar-refractivity contribution >= 4 is 27.3 Å². The smallest absolute Gasteiger partial charge is 0.387 e. The molecule has 2 nitrogen and oxygen atoms in total. The molecule has 0 amide bonds. The Hall–Kier alpha value is -0.980. The maximum Gasteiger partial charge on any atom is 0.387 e. The molecule has 0 saturated carbocycles. The van der Waals surface area contributed by atoms with E-state index in [1.165, 1.54) is 0 Å². The molecule has 102 valence electrons. The lowest BCUT2D eigenvalue weighted by molar-refractivity contribution is -0.0506. The van der Waals surface area contributed by atoms with Crippen molar-refractivity contribution < 1.29 is 13.5 Å². The minimum Gasteiger partial charge on any atom is -0.434 e. The Morgan fingerprint density at radius 3 is 2.53 bits per heavy atom. The summed E-state index contributed by atoms with van der Waals surface area (Å²) in [6.45, 7) is -2.83. The number of nitrogens with one attached hydrogen (secondary N) is 1. The quantitative estimate of drug-likeness (QED) is 0.864. The van der Waals surface area contributed by atoms with Crippen molar-refractivity contribution in [3.8, 4) is 5.75 Å². The molecule has 1 aromatic carbocycles. The van der Waals surface area contributed by atoms with Crippen LogP contribution in [0.4, 0.5) is 8.78 Å². The molecule has 0 spiro atoms. The van der Waals surface area contributed by atoms with E-state index in [9.17, 15) is 8.78 Å². The van der Waals surface area contributed by atoms with Crippen molar-refractivity contribution in [2.24, 2.45) is 0 Å². The van der Waals surface area contributed by atoms with E-state index in [0.717, 1.165) is 10.0 Å². The van der Waals surface area contributed by atoms with Gasteiger partial charge in [-0.2, -0.15) is 20.1 Å². The molecular formula is C13H12BrF2NOS. The van der Waals surface area contributed by atoms with Crippen LogP contribution in [0.2, 0.25) is 0 Å². The number of rotatable bonds is 5. The molecule has 1 N–H and O–H groups in total. The lowest BCUT2D eigenvalue weighted by Gasteiger charge is -2.19. The van der Waals surface area contributed by atoms with Crippen molar-refractivity contribution in [2.45, 2.75) is 12.7 Å². The molecule has 1 heterocycles. The fraction of sp³-hybridized carbons (Fsp3) is 0.231. The second-order valence-electron chi connectivity index (χ2n) is 3.81. The zero-order valence-electron chi connectivity index (χ0n) is 10.1. The average molecular weight is 348 g/mol. The third-order valence-electron chi connectivity index (χ3n) is 2.69. The first-order valence-corrected chi connectivity index (χ1v) is 7.29. The molecule has 2 rings (SSSR count). The molecule has 0 bridgehead atoms. The summed E-state index contributed by atoms with van der Waals surface area (Å²) in [5.41, 5.74) is 1.68. The molecule has 1 atom stereocenters. The van der Waals surface area contributed by atoms with Gasteiger partial charge in [-0.05, 0) is 40.0 Å². The zero-order chi connectivity index (χ0) is 13.8. The topological polar surface area (TPSA) is 21.3 Å². The van der Waals surface area contributed by atoms with Crippen LogP contribution >= 0.6 is 27.3 Å². The van der Waals surface area contributed by atoms with E-state index >= 15 is 0 Å². The van der Waals surface area contributed by atoms with Gasteiger partial charge < -0.3 is 10.1 Å². The van der Waals surface area contributed by atoms with Crippen molar-refractivity contribution in [1.82, 2.24) is 5.32 Å². The summed E-state index contributed by atoms with van der Waals surface area (Å²) in [6, 6.07) is 6.61. The average Bonchev–Trinajstić information content (AvgIpc) is 2.78. The standard InChI is InChI=1S/C13H12BrF2NOS/c1-17-12(9-6-19-7-10(9)14)8-4-2-3-5-11(8)18-13(15)16/h2-7,12-13,17H,1H3. The fourth-order valence-corrected chi connectivity index (χ4v) is 3.45. The Kier molecular flexibility index (Phi) is 4.90. The number of ether oxygens (including phenoxy) is 1. The zero-order valence-corrected chi connectivity index (χ0v) is 12.5. The van der Waals surface area contributed by atoms with Gasteiger partial charge in [0.25, 0.3) is 0 Å². The highest BCUT2D eigenvalue weighted by molar-refractivity contribution is 9.10. The first-order valence-electron chi connectivity index (χ1n) is 5.56. The van der Waals surface area contributed by atoms with Gasteiger partial charge in [-0.1, -0.05) is 18.2 Å². The van der Waals surface area contributed by atoms with Crippen LogP contribution in [0.15, 0.2) is 39.5 Å². The minimum absolute atomic E-state index is 0.190. The van der Waals surface area contributed by atoms with Crippen molar-refractivity contribution in [1.29, 1.82) is 0 Å². The van der Waals surface area contributed by atoms with Gasteiger partial charge in [-0.25, -0.2) is 0 Å². The normalized spacial score (nSPS) is 12.7. The van der Waals surface area contributed by atoms with E-state index < -0.39 is 6.61 Å². The number of hydrogen-bond acceptors (Lipinski definition) is 3. The molecule has 0 aliphatic carbocycles. The Labute approximate surface area is 122 Å². The largest absolute Gasteiger partial charge is 0.434 e. The molecule has 1 aromatic heterocycles. The Balaban J connectivity index is 2.41. The summed E-state index contributed by atoms with van der Waals surface area (Å²) < 4.78 is 30.4. The predicted octanol–water partition coefficient (Wildman–Crippen LogP) is 4.42. The Morgan fingerprint density at radius 1 is 1.21 bits per heavy atom. The highest BCUT2D eigenvalue weighted by Gasteiger charge is 2.20. The van der Waals surface area contributed by atoms with Crippen molar-refractivity contribution in [3.63, 3.8) is 0 Å². The van der Waals surface area contributed by atoms with Crippen molar-refractivity contribution in [2.75, 3.05) is 7.05 Å². The van der Waals surface area contributed by atoms with E-state index in [2.05, 4.69) is 26.0 Å². The highest BCUT2D eigenvalue weighted by atomic mass is 79.9. The SMILES string of the molecule is CNC(c1cscc1Br)c1ccccc1OC(F)F. The van der Waals surface area contributed by atoms with Gasteiger partial charge in [0.05, 0.1) is 6.04 Å². The van der Waals surface area contributed by atoms with Gasteiger partial charge in [0, 0.05) is 15.4 Å². The van der Waals surface area contributed by atoms with Gasteiger partial charge in [0.15, 0.2) is 0 Å². The van der Waals surface area contributed by atoms with E-state index in [4.69, 9.17) is 0 Å². The summed E-state index contributed by atoms with van der Waals surface area (Å²) >= 11 is 5.01. The summed E-state index contributed by atoms with van der Waals surface area (Å²) in [4.78, 5) is 0. The molecular weight excluding hydrogens is 336 g/mol. The molecule has 0 saturated heterocycles. The van der Waals surface area contributed by atoms with Gasteiger partial charge in [0.2, 0.25) is 0 Å². The summed E-state index contributed by atoms with van der Waals surface area (Å²) in [5, 5.41) is 7.06. The molecule has 0 fully saturated rings. The molecule has 6 heteroatoms. The first-order chi connectivity index (χ1) is 9.13. The first kappa shape index (κ1) is 14.4. The van der Waals surface area contributed by atoms with Crippen molar-refractivity contribution in [3.05, 3.63) is 50.6 Å². The van der Waals surface area contributed by atoms with Crippen LogP contribution in [0.25, 0.3) is 0 Å². The van der Waals surface area contributed by atoms with E-state index in [-0.39, 0.29) is 11.8 Å². The molecule has 2 aromatic rings. The van der Waals surface area contributed by atoms with Gasteiger partial charge in [-0.3, -0.25) is 0 Å². The maximum absolute atomic E-state index is 12.4. The van der Waals surface area contributed by atoms with Gasteiger partial charge in [0.1, 0.15) is 5.75 Å². The molecule has 1 unspecified atom stereocenters. The second-order valence-corrected chi connectivity index (χ2v) is 5.41. The Morgan fingerprint density at radius 2 is 1.95 bits per heavy atom. The van der Waals surface area contributed by atoms with Gasteiger partial charge >= 0.3 is 6.61 Å². The lowest BCUT2D eigenvalue weighted by Crippen LogP contribution is -2.19. The third-order valence-corrected chi connectivity index (χ3v) is 4.44. The number of halogens is 3. The highest BCUT2D eigenvalue weighted by Crippen LogP contribution is 2.35. The van der Waals surface area contributed by atoms with E-state index in [1.807, 2.05) is 10.8 Å². The third kappa shape index (κ3) is 3.32. The van der Waals surface area contributed by atoms with Crippen LogP contribution in [0, 0.1) is 0 Å². The van der Waals surface area contributed by atoms with Crippen LogP contribution in [0.1, 0.15) is 17.2 Å². The van der Waals surface area contributed by atoms with Crippen LogP contribution in [0.5, 0.6) is 5.75 Å². The molecule has 19 heavy (non-hydrogen) atoms. The molecule has 0 aliphatic heterocycles. The number of hydrogen-bond donors (Lipinski definition) is 1. The number of alkyl halides is 2. The molecule has 0 radical (unpaired) electrons. The summed E-state index contributed by atoms with van der Waals surface area (Å²) in [7, 11) is 1.79. The van der Waals surface area contributed by atoms with E-state index in [1.54, 1.807) is 42.6 Å². The van der Waals surface area contributed by atoms with E-state index in [0.29, 0.717) is 5.56 Å². The minimum atomic E-state index is -2.83. The van der Waals surface area contributed by atoms with Gasteiger partial charge in [-0.15, -0.1) is 0 Å². The Bertz CT molecular complexity index is 547. The maximum atomic E-state index is 12.4. The second kappa shape index (κ2) is 6.45. The fourth-order valence-electron chi connectivity index (χ4n) is 1.90. The molecule has 0 aliphatic rings.